The van der Waals surface area contributed by atoms with E-state index >= 15 is 0 Å². The number of rotatable bonds is 7. The number of amides is 2. The molecule has 8 heteroatoms. The number of nitrogens with zero attached hydrogens (tertiary/aromatic N) is 1. The molecule has 0 atom stereocenters. The first kappa shape index (κ1) is 28.5. The average molecular weight is 548 g/mol. The average Bonchev–Trinajstić information content (AvgIpc) is 2.90. The van der Waals surface area contributed by atoms with Crippen LogP contribution in [0.15, 0.2) is 72.8 Å². The molecule has 0 spiro atoms. The first-order valence-electron chi connectivity index (χ1n) is 13.3. The maximum atomic E-state index is 13.0. The summed E-state index contributed by atoms with van der Waals surface area (Å²) in [4.78, 5) is 25.7. The highest BCUT2D eigenvalue weighted by atomic mass is 32.2. The van der Waals surface area contributed by atoms with Crippen LogP contribution in [0.1, 0.15) is 60.7 Å². The number of hydrogen-bond donors (Lipinski definition) is 2. The molecule has 206 valence electrons. The maximum absolute atomic E-state index is 13.0. The van der Waals surface area contributed by atoms with Gasteiger partial charge < -0.3 is 10.6 Å². The lowest BCUT2D eigenvalue weighted by Gasteiger charge is -2.30. The fourth-order valence-electron chi connectivity index (χ4n) is 4.70. The minimum Gasteiger partial charge on any atom is -0.326 e. The van der Waals surface area contributed by atoms with Crippen LogP contribution in [0, 0.1) is 12.8 Å². The predicted molar refractivity (Wildman–Crippen MR) is 156 cm³/mol. The Balaban J connectivity index is 1.31. The SMILES string of the molecule is Cc1ccccc1CS(=O)(=O)N1CCC(C(=O)Nc2cccc(NC(=O)c3ccc(C(C)(C)C)cc3)c2)CC1. The number of benzene rings is 3. The lowest BCUT2D eigenvalue weighted by molar-refractivity contribution is -0.120. The topological polar surface area (TPSA) is 95.6 Å². The summed E-state index contributed by atoms with van der Waals surface area (Å²) in [5.41, 5.74) is 4.62. The van der Waals surface area contributed by atoms with Crippen molar-refractivity contribution in [3.05, 3.63) is 95.1 Å². The van der Waals surface area contributed by atoms with Gasteiger partial charge >= 0.3 is 0 Å². The third-order valence-electron chi connectivity index (χ3n) is 7.22. The summed E-state index contributed by atoms with van der Waals surface area (Å²) >= 11 is 0. The van der Waals surface area contributed by atoms with Gasteiger partial charge in [0.2, 0.25) is 15.9 Å². The Hall–Kier alpha value is -3.49. The van der Waals surface area contributed by atoms with Crippen molar-refractivity contribution in [2.24, 2.45) is 5.92 Å². The van der Waals surface area contributed by atoms with Gasteiger partial charge in [-0.05, 0) is 72.2 Å². The van der Waals surface area contributed by atoms with Gasteiger partial charge in [0.15, 0.2) is 0 Å². The molecule has 3 aromatic rings. The Labute approximate surface area is 231 Å². The highest BCUT2D eigenvalue weighted by Crippen LogP contribution is 2.25. The van der Waals surface area contributed by atoms with Crippen LogP contribution in [0.3, 0.4) is 0 Å². The molecule has 1 fully saturated rings. The number of piperidine rings is 1. The minimum absolute atomic E-state index is 0.00765. The standard InChI is InChI=1S/C31H37N3O4S/c1-22-8-5-6-9-25(22)21-39(37,38)34-18-16-24(17-19-34)30(36)33-28-11-7-10-27(20-28)32-29(35)23-12-14-26(15-13-23)31(2,3)4/h5-15,20,24H,16-19,21H2,1-4H3,(H,32,35)(H,33,36). The quantitative estimate of drug-likeness (QED) is 0.395. The number of carbonyl (C=O) groups is 2. The van der Waals surface area contributed by atoms with E-state index in [1.54, 1.807) is 24.3 Å². The molecule has 39 heavy (non-hydrogen) atoms. The summed E-state index contributed by atoms with van der Waals surface area (Å²) in [7, 11) is -3.46. The molecule has 4 rings (SSSR count). The molecule has 1 heterocycles. The molecule has 0 radical (unpaired) electrons. The summed E-state index contributed by atoms with van der Waals surface area (Å²) in [6.45, 7) is 8.92. The zero-order valence-corrected chi connectivity index (χ0v) is 23.8. The Kier molecular flexibility index (Phi) is 8.57. The molecule has 1 saturated heterocycles. The van der Waals surface area contributed by atoms with E-state index in [1.807, 2.05) is 55.5 Å². The van der Waals surface area contributed by atoms with Gasteiger partial charge in [-0.25, -0.2) is 12.7 Å². The summed E-state index contributed by atoms with van der Waals surface area (Å²) in [6, 6.07) is 22.1. The molecule has 0 bridgehead atoms. The van der Waals surface area contributed by atoms with Gasteiger partial charge in [0.05, 0.1) is 5.75 Å². The van der Waals surface area contributed by atoms with E-state index in [0.717, 1.165) is 16.7 Å². The van der Waals surface area contributed by atoms with Crippen molar-refractivity contribution in [3.63, 3.8) is 0 Å². The molecule has 0 unspecified atom stereocenters. The zero-order valence-electron chi connectivity index (χ0n) is 23.0. The number of nitrogens with one attached hydrogen (secondary N) is 2. The second-order valence-corrected chi connectivity index (χ2v) is 13.2. The second kappa shape index (κ2) is 11.7. The number of carbonyl (C=O) groups excluding carboxylic acids is 2. The number of aryl methyl sites for hydroxylation is 1. The highest BCUT2D eigenvalue weighted by molar-refractivity contribution is 7.88. The summed E-state index contributed by atoms with van der Waals surface area (Å²) in [5.74, 6) is -0.685. The fourth-order valence-corrected chi connectivity index (χ4v) is 6.37. The first-order valence-corrected chi connectivity index (χ1v) is 14.9. The normalized spacial score (nSPS) is 15.1. The van der Waals surface area contributed by atoms with Crippen molar-refractivity contribution >= 4 is 33.2 Å². The molecular formula is C31H37N3O4S. The van der Waals surface area contributed by atoms with Crippen LogP contribution >= 0.6 is 0 Å². The molecule has 0 saturated carbocycles. The lowest BCUT2D eigenvalue weighted by Crippen LogP contribution is -2.42. The van der Waals surface area contributed by atoms with Crippen molar-refractivity contribution in [2.45, 2.75) is 51.7 Å². The van der Waals surface area contributed by atoms with Gasteiger partial charge in [0, 0.05) is 35.9 Å². The number of anilines is 2. The van der Waals surface area contributed by atoms with Crippen molar-refractivity contribution < 1.29 is 18.0 Å². The third kappa shape index (κ3) is 7.34. The summed E-state index contributed by atoms with van der Waals surface area (Å²) in [5, 5.41) is 5.82. The van der Waals surface area contributed by atoms with Crippen molar-refractivity contribution in [3.8, 4) is 0 Å². The van der Waals surface area contributed by atoms with Crippen LogP contribution in [0.25, 0.3) is 0 Å². The second-order valence-electron chi connectivity index (χ2n) is 11.2. The summed E-state index contributed by atoms with van der Waals surface area (Å²) < 4.78 is 27.4. The molecular weight excluding hydrogens is 510 g/mol. The lowest BCUT2D eigenvalue weighted by atomic mass is 9.87. The predicted octanol–water partition coefficient (Wildman–Crippen LogP) is 5.73. The van der Waals surface area contributed by atoms with Gasteiger partial charge in [-0.2, -0.15) is 0 Å². The maximum Gasteiger partial charge on any atom is 0.255 e. The van der Waals surface area contributed by atoms with Crippen LogP contribution in [-0.4, -0.2) is 37.6 Å². The van der Waals surface area contributed by atoms with E-state index in [0.29, 0.717) is 42.9 Å². The van der Waals surface area contributed by atoms with Gasteiger partial charge in [0.1, 0.15) is 0 Å². The zero-order chi connectivity index (χ0) is 28.2. The molecule has 3 aromatic carbocycles. The van der Waals surface area contributed by atoms with Crippen LogP contribution in [0.5, 0.6) is 0 Å². The van der Waals surface area contributed by atoms with Gasteiger partial charge in [0.25, 0.3) is 5.91 Å². The highest BCUT2D eigenvalue weighted by Gasteiger charge is 2.31. The molecule has 2 N–H and O–H groups in total. The van der Waals surface area contributed by atoms with E-state index in [4.69, 9.17) is 0 Å². The van der Waals surface area contributed by atoms with Crippen LogP contribution in [0.4, 0.5) is 11.4 Å². The Morgan fingerprint density at radius 2 is 1.49 bits per heavy atom. The van der Waals surface area contributed by atoms with Crippen LogP contribution < -0.4 is 10.6 Å². The van der Waals surface area contributed by atoms with Gasteiger partial charge in [-0.3, -0.25) is 9.59 Å². The Bertz CT molecular complexity index is 1440. The van der Waals surface area contributed by atoms with Gasteiger partial charge in [-0.1, -0.05) is 63.2 Å². The Morgan fingerprint density at radius 1 is 0.872 bits per heavy atom. The minimum atomic E-state index is -3.46. The molecule has 1 aliphatic heterocycles. The monoisotopic (exact) mass is 547 g/mol. The van der Waals surface area contributed by atoms with E-state index in [-0.39, 0.29) is 28.9 Å². The molecule has 0 aromatic heterocycles. The first-order chi connectivity index (χ1) is 18.4. The molecule has 2 amide bonds. The van der Waals surface area contributed by atoms with Crippen molar-refractivity contribution in [1.82, 2.24) is 4.31 Å². The summed E-state index contributed by atoms with van der Waals surface area (Å²) in [6.07, 6.45) is 0.916. The van der Waals surface area contributed by atoms with Crippen molar-refractivity contribution in [1.29, 1.82) is 0 Å². The van der Waals surface area contributed by atoms with Crippen LogP contribution in [0.2, 0.25) is 0 Å². The fraction of sp³-hybridized carbons (Fsp3) is 0.355. The molecule has 1 aliphatic rings. The smallest absolute Gasteiger partial charge is 0.255 e. The van der Waals surface area contributed by atoms with E-state index in [2.05, 4.69) is 31.4 Å². The Morgan fingerprint density at radius 3 is 2.10 bits per heavy atom. The molecule has 7 nitrogen and oxygen atoms in total. The number of hydrogen-bond acceptors (Lipinski definition) is 4. The largest absolute Gasteiger partial charge is 0.326 e. The van der Waals surface area contributed by atoms with Crippen LogP contribution in [-0.2, 0) is 26.0 Å². The van der Waals surface area contributed by atoms with Crippen molar-refractivity contribution in [2.75, 3.05) is 23.7 Å². The third-order valence-corrected chi connectivity index (χ3v) is 9.05. The van der Waals surface area contributed by atoms with E-state index < -0.39 is 10.0 Å². The van der Waals surface area contributed by atoms with E-state index in [9.17, 15) is 18.0 Å². The van der Waals surface area contributed by atoms with E-state index in [1.165, 1.54) is 4.31 Å². The molecule has 0 aliphatic carbocycles. The number of sulfonamides is 1. The van der Waals surface area contributed by atoms with Gasteiger partial charge in [-0.15, -0.1) is 0 Å².